The minimum atomic E-state index is -3.56. The van der Waals surface area contributed by atoms with Gasteiger partial charge in [-0.3, -0.25) is 0 Å². The lowest BCUT2D eigenvalue weighted by Gasteiger charge is -2.19. The second-order valence-corrected chi connectivity index (χ2v) is 11.9. The fourth-order valence-electron chi connectivity index (χ4n) is 4.10. The standard InChI is InChI=1S/C28H32BN3O7S/c1-32(15-14-20-8-5-9-23(16-20)29(35)36)27(33)31-24-10-13-26(40(37,38)25-11-12-25)22(17-24)18-30-28(34)39-19-21-6-3-2-4-7-21/h2-10,13,16-17,25,35-36H,11-12,14-15,18-19H2,1H3,(H,30,34)(H,31,33). The summed E-state index contributed by atoms with van der Waals surface area (Å²) >= 11 is 0. The molecule has 0 atom stereocenters. The van der Waals surface area contributed by atoms with Crippen molar-refractivity contribution in [1.29, 1.82) is 0 Å². The number of nitrogens with one attached hydrogen (secondary N) is 2. The van der Waals surface area contributed by atoms with E-state index in [-0.39, 0.29) is 18.0 Å². The van der Waals surface area contributed by atoms with Crippen LogP contribution in [0.4, 0.5) is 15.3 Å². The number of rotatable bonds is 11. The molecule has 0 bridgehead atoms. The van der Waals surface area contributed by atoms with Crippen LogP contribution in [0.1, 0.15) is 29.5 Å². The van der Waals surface area contributed by atoms with Crippen LogP contribution in [-0.4, -0.2) is 61.5 Å². The van der Waals surface area contributed by atoms with Crippen molar-refractivity contribution in [1.82, 2.24) is 10.2 Å². The average molecular weight is 565 g/mol. The summed E-state index contributed by atoms with van der Waals surface area (Å²) in [5, 5.41) is 23.7. The highest BCUT2D eigenvalue weighted by molar-refractivity contribution is 7.92. The topological polar surface area (TPSA) is 145 Å². The van der Waals surface area contributed by atoms with E-state index < -0.39 is 34.3 Å². The van der Waals surface area contributed by atoms with Gasteiger partial charge in [0.05, 0.1) is 10.1 Å². The molecule has 1 fully saturated rings. The van der Waals surface area contributed by atoms with Crippen molar-refractivity contribution in [2.45, 2.75) is 42.6 Å². The van der Waals surface area contributed by atoms with Gasteiger partial charge >= 0.3 is 19.2 Å². The van der Waals surface area contributed by atoms with Gasteiger partial charge in [-0.15, -0.1) is 0 Å². The van der Waals surface area contributed by atoms with Crippen molar-refractivity contribution < 1.29 is 32.8 Å². The molecular weight excluding hydrogens is 533 g/mol. The SMILES string of the molecule is CN(CCc1cccc(B(O)O)c1)C(=O)Nc1ccc(S(=O)(=O)C2CC2)c(CNC(=O)OCc2ccccc2)c1. The zero-order chi connectivity index (χ0) is 28.7. The van der Waals surface area contributed by atoms with Crippen LogP contribution >= 0.6 is 0 Å². The molecule has 3 amide bonds. The molecule has 0 aromatic heterocycles. The third-order valence-electron chi connectivity index (χ3n) is 6.55. The molecule has 4 rings (SSSR count). The number of likely N-dealkylation sites (N-methyl/N-ethyl adjacent to an activating group) is 1. The zero-order valence-corrected chi connectivity index (χ0v) is 22.9. The molecule has 0 saturated heterocycles. The van der Waals surface area contributed by atoms with Crippen LogP contribution in [0.15, 0.2) is 77.7 Å². The van der Waals surface area contributed by atoms with Gasteiger partial charge in [-0.05, 0) is 59.6 Å². The van der Waals surface area contributed by atoms with Gasteiger partial charge in [0, 0.05) is 25.8 Å². The summed E-state index contributed by atoms with van der Waals surface area (Å²) in [5.41, 5.74) is 2.76. The molecule has 40 heavy (non-hydrogen) atoms. The van der Waals surface area contributed by atoms with Crippen molar-refractivity contribution in [2.24, 2.45) is 0 Å². The largest absolute Gasteiger partial charge is 0.488 e. The number of hydrogen-bond donors (Lipinski definition) is 4. The summed E-state index contributed by atoms with van der Waals surface area (Å²) in [6, 6.07) is 20.1. The molecule has 0 unspecified atom stereocenters. The van der Waals surface area contributed by atoms with Gasteiger partial charge in [0.25, 0.3) is 0 Å². The normalized spacial score (nSPS) is 12.9. The first-order valence-corrected chi connectivity index (χ1v) is 14.5. The first-order chi connectivity index (χ1) is 19.1. The Labute approximate surface area is 234 Å². The van der Waals surface area contributed by atoms with Crippen LogP contribution in [0.2, 0.25) is 0 Å². The van der Waals surface area contributed by atoms with Crippen LogP contribution < -0.4 is 16.1 Å². The van der Waals surface area contributed by atoms with Crippen LogP contribution in [0.5, 0.6) is 0 Å². The van der Waals surface area contributed by atoms with Crippen LogP contribution in [0.3, 0.4) is 0 Å². The Kier molecular flexibility index (Phi) is 9.46. The Morgan fingerprint density at radius 2 is 1.73 bits per heavy atom. The third-order valence-corrected chi connectivity index (χ3v) is 8.91. The van der Waals surface area contributed by atoms with Gasteiger partial charge in [0.15, 0.2) is 9.84 Å². The molecule has 4 N–H and O–H groups in total. The highest BCUT2D eigenvalue weighted by Crippen LogP contribution is 2.35. The van der Waals surface area contributed by atoms with Gasteiger partial charge < -0.3 is 30.3 Å². The number of benzene rings is 3. The summed E-state index contributed by atoms with van der Waals surface area (Å²) in [7, 11) is -3.51. The molecule has 3 aromatic carbocycles. The molecule has 0 aliphatic heterocycles. The van der Waals surface area contributed by atoms with E-state index >= 15 is 0 Å². The van der Waals surface area contributed by atoms with E-state index in [1.54, 1.807) is 31.3 Å². The second-order valence-electron chi connectivity index (χ2n) is 9.70. The lowest BCUT2D eigenvalue weighted by molar-refractivity contribution is 0.139. The predicted octanol–water partition coefficient (Wildman–Crippen LogP) is 2.44. The number of ether oxygens (including phenoxy) is 1. The smallest absolute Gasteiger partial charge is 0.445 e. The summed E-state index contributed by atoms with van der Waals surface area (Å²) in [6.45, 7) is 0.335. The molecule has 0 heterocycles. The average Bonchev–Trinajstić information content (AvgIpc) is 3.81. The number of sulfone groups is 1. The van der Waals surface area contributed by atoms with Gasteiger partial charge in [-0.2, -0.15) is 0 Å². The maximum atomic E-state index is 13.0. The number of nitrogens with zero attached hydrogens (tertiary/aromatic N) is 1. The summed E-state index contributed by atoms with van der Waals surface area (Å²) in [6.07, 6.45) is 0.990. The molecule has 210 valence electrons. The Hall–Kier alpha value is -3.87. The molecule has 10 nitrogen and oxygen atoms in total. The molecule has 0 radical (unpaired) electrons. The van der Waals surface area contributed by atoms with Gasteiger partial charge in [0.2, 0.25) is 0 Å². The molecular formula is C28H32BN3O7S. The van der Waals surface area contributed by atoms with Crippen LogP contribution in [0.25, 0.3) is 0 Å². The fourth-order valence-corrected chi connectivity index (χ4v) is 5.97. The number of amides is 3. The Morgan fingerprint density at radius 1 is 1.00 bits per heavy atom. The van der Waals surface area contributed by atoms with E-state index in [4.69, 9.17) is 4.74 Å². The molecule has 1 saturated carbocycles. The first kappa shape index (κ1) is 29.1. The number of carbonyl (C=O) groups is 2. The molecule has 12 heteroatoms. The molecule has 3 aromatic rings. The second kappa shape index (κ2) is 13.0. The Bertz CT molecular complexity index is 1450. The third kappa shape index (κ3) is 7.84. The van der Waals surface area contributed by atoms with E-state index in [9.17, 15) is 28.1 Å². The highest BCUT2D eigenvalue weighted by Gasteiger charge is 2.38. The van der Waals surface area contributed by atoms with Crippen LogP contribution in [0, 0.1) is 0 Å². The fraction of sp³-hybridized carbons (Fsp3) is 0.286. The van der Waals surface area contributed by atoms with Gasteiger partial charge in [-0.25, -0.2) is 18.0 Å². The summed E-state index contributed by atoms with van der Waals surface area (Å²) in [4.78, 5) is 26.7. The van der Waals surface area contributed by atoms with Crippen LogP contribution in [-0.2, 0) is 34.1 Å². The number of alkyl carbamates (subject to hydrolysis) is 1. The lowest BCUT2D eigenvalue weighted by Crippen LogP contribution is -2.33. The maximum absolute atomic E-state index is 13.0. The van der Waals surface area contributed by atoms with E-state index in [2.05, 4.69) is 10.6 Å². The molecule has 1 aliphatic carbocycles. The minimum Gasteiger partial charge on any atom is -0.445 e. The highest BCUT2D eigenvalue weighted by atomic mass is 32.2. The number of hydrogen-bond acceptors (Lipinski definition) is 7. The predicted molar refractivity (Wildman–Crippen MR) is 152 cm³/mol. The van der Waals surface area contributed by atoms with E-state index in [1.807, 2.05) is 36.4 Å². The van der Waals surface area contributed by atoms with Crippen molar-refractivity contribution in [2.75, 3.05) is 18.9 Å². The lowest BCUT2D eigenvalue weighted by atomic mass is 9.79. The Balaban J connectivity index is 1.40. The first-order valence-electron chi connectivity index (χ1n) is 12.9. The molecule has 1 aliphatic rings. The summed E-state index contributed by atoms with van der Waals surface area (Å²) in [5.74, 6) is 0. The van der Waals surface area contributed by atoms with Crippen molar-refractivity contribution in [3.05, 3.63) is 89.5 Å². The van der Waals surface area contributed by atoms with Gasteiger partial charge in [0.1, 0.15) is 6.61 Å². The monoisotopic (exact) mass is 565 g/mol. The zero-order valence-electron chi connectivity index (χ0n) is 22.1. The molecule has 0 spiro atoms. The van der Waals surface area contributed by atoms with E-state index in [0.717, 1.165) is 11.1 Å². The Morgan fingerprint density at radius 3 is 2.42 bits per heavy atom. The minimum absolute atomic E-state index is 0.0766. The number of urea groups is 1. The van der Waals surface area contributed by atoms with Crippen molar-refractivity contribution >= 4 is 40.2 Å². The summed E-state index contributed by atoms with van der Waals surface area (Å²) < 4.78 is 31.3. The van der Waals surface area contributed by atoms with Gasteiger partial charge in [-0.1, -0.05) is 54.6 Å². The van der Waals surface area contributed by atoms with Crippen molar-refractivity contribution in [3.63, 3.8) is 0 Å². The number of carbonyl (C=O) groups excluding carboxylic acids is 2. The quantitative estimate of drug-likeness (QED) is 0.261. The maximum Gasteiger partial charge on any atom is 0.488 e. The van der Waals surface area contributed by atoms with E-state index in [1.165, 1.54) is 17.0 Å². The van der Waals surface area contributed by atoms with E-state index in [0.29, 0.717) is 42.5 Å². The number of anilines is 1. The van der Waals surface area contributed by atoms with Crippen molar-refractivity contribution in [3.8, 4) is 0 Å².